The molecule has 46 heavy (non-hydrogen) atoms. The first-order valence-corrected chi connectivity index (χ1v) is 14.5. The predicted octanol–water partition coefficient (Wildman–Crippen LogP) is 4.12. The minimum Gasteiger partial charge on any atom is -0.388 e. The molecule has 2 aliphatic rings. The number of aliphatic hydroxyl groups is 1. The zero-order chi connectivity index (χ0) is 33.1. The lowest BCUT2D eigenvalue weighted by Gasteiger charge is -2.27. The number of aromatic nitrogens is 5. The third kappa shape index (κ3) is 5.77. The Bertz CT molecular complexity index is 1890. The van der Waals surface area contributed by atoms with E-state index >= 15 is 0 Å². The lowest BCUT2D eigenvalue weighted by Crippen LogP contribution is -2.47. The molecule has 3 aromatic heterocycles. The summed E-state index contributed by atoms with van der Waals surface area (Å²) in [4.78, 5) is 53.7. The second-order valence-corrected chi connectivity index (χ2v) is 12.0. The van der Waals surface area contributed by atoms with Crippen LogP contribution in [0.4, 0.5) is 19.0 Å². The number of aryl methyl sites for hydroxylation is 2. The van der Waals surface area contributed by atoms with Crippen LogP contribution in [0.1, 0.15) is 54.1 Å². The number of carbonyl (C=O) groups excluding carboxylic acids is 3. The van der Waals surface area contributed by atoms with Gasteiger partial charge in [-0.15, -0.1) is 13.2 Å². The van der Waals surface area contributed by atoms with Gasteiger partial charge >= 0.3 is 6.36 Å². The van der Waals surface area contributed by atoms with Crippen LogP contribution >= 0.6 is 0 Å². The third-order valence-electron chi connectivity index (χ3n) is 8.59. The summed E-state index contributed by atoms with van der Waals surface area (Å²) < 4.78 is 43.6. The van der Waals surface area contributed by atoms with Crippen LogP contribution in [-0.4, -0.2) is 70.8 Å². The van der Waals surface area contributed by atoms with Crippen molar-refractivity contribution in [2.75, 3.05) is 5.32 Å². The van der Waals surface area contributed by atoms with Gasteiger partial charge in [0.15, 0.2) is 11.6 Å². The molecule has 0 unspecified atom stereocenters. The van der Waals surface area contributed by atoms with E-state index in [-0.39, 0.29) is 53.6 Å². The van der Waals surface area contributed by atoms with Crippen LogP contribution < -0.4 is 10.1 Å². The number of nitrogens with one attached hydrogen (secondary N) is 1. The number of Topliss-reactive ketones (excluding diaryl/α,β-unsaturated/α-hetero) is 1. The van der Waals surface area contributed by atoms with Crippen molar-refractivity contribution in [1.29, 1.82) is 0 Å². The van der Waals surface area contributed by atoms with Gasteiger partial charge in [0.05, 0.1) is 5.52 Å². The molecule has 4 aromatic rings. The summed E-state index contributed by atoms with van der Waals surface area (Å²) >= 11 is 0. The summed E-state index contributed by atoms with van der Waals surface area (Å²) in [7, 11) is 0. The molecule has 1 saturated carbocycles. The van der Waals surface area contributed by atoms with Crippen molar-refractivity contribution in [3.8, 4) is 17.0 Å². The molecular formula is C31H30F3N7O5. The van der Waals surface area contributed by atoms with E-state index in [2.05, 4.69) is 30.1 Å². The number of rotatable bonds is 8. The summed E-state index contributed by atoms with van der Waals surface area (Å²) in [5.41, 5.74) is 3.02. The molecule has 0 spiro atoms. The number of ketones is 1. The highest BCUT2D eigenvalue weighted by atomic mass is 19.4. The van der Waals surface area contributed by atoms with Crippen LogP contribution in [-0.2, 0) is 22.7 Å². The van der Waals surface area contributed by atoms with Gasteiger partial charge in [-0.05, 0) is 60.9 Å². The molecule has 1 aromatic carbocycles. The lowest BCUT2D eigenvalue weighted by atomic mass is 10.0. The number of anilines is 1. The fourth-order valence-corrected chi connectivity index (χ4v) is 6.24. The molecular weight excluding hydrogens is 607 g/mol. The van der Waals surface area contributed by atoms with Crippen molar-refractivity contribution < 1.29 is 37.4 Å². The van der Waals surface area contributed by atoms with Crippen LogP contribution in [0.25, 0.3) is 22.0 Å². The lowest BCUT2D eigenvalue weighted by molar-refractivity contribution is -0.276. The molecule has 4 heterocycles. The molecule has 1 aliphatic heterocycles. The fraction of sp³-hybridized carbons (Fsp3) is 0.387. The Morgan fingerprint density at radius 2 is 1.80 bits per heavy atom. The second-order valence-electron chi connectivity index (χ2n) is 12.0. The number of halogens is 3. The average Bonchev–Trinajstić information content (AvgIpc) is 3.34. The number of aliphatic hydroxyl groups excluding tert-OH is 1. The molecule has 240 valence electrons. The zero-order valence-corrected chi connectivity index (χ0v) is 25.3. The summed E-state index contributed by atoms with van der Waals surface area (Å²) in [5, 5.41) is 16.9. The highest BCUT2D eigenvalue weighted by Crippen LogP contribution is 2.59. The number of nitrogens with zero attached hydrogens (tertiary/aromatic N) is 6. The SMILES string of the molecule is CC(=O)c1nn(CC(=O)N2[C@H](C(=O)Nc3nc(OC(F)(F)F)ccc3C)C[C@@]3(C)C[C@@H]23)c2c(C)cc(-c3cnc(CO)nc3)cc12. The Balaban J connectivity index is 1.28. The molecule has 1 saturated heterocycles. The smallest absolute Gasteiger partial charge is 0.388 e. The van der Waals surface area contributed by atoms with Gasteiger partial charge in [-0.1, -0.05) is 13.0 Å². The number of hydrogen-bond acceptors (Lipinski definition) is 9. The van der Waals surface area contributed by atoms with Gasteiger partial charge in [-0.25, -0.2) is 9.97 Å². The van der Waals surface area contributed by atoms with Gasteiger partial charge in [0.1, 0.15) is 30.7 Å². The second kappa shape index (κ2) is 11.2. The summed E-state index contributed by atoms with van der Waals surface area (Å²) in [6.07, 6.45) is -0.740. The van der Waals surface area contributed by atoms with Crippen LogP contribution in [0.5, 0.6) is 5.88 Å². The van der Waals surface area contributed by atoms with Crippen LogP contribution in [0.3, 0.4) is 0 Å². The molecule has 1 aliphatic carbocycles. The van der Waals surface area contributed by atoms with E-state index in [4.69, 9.17) is 0 Å². The van der Waals surface area contributed by atoms with Crippen molar-refractivity contribution in [3.05, 3.63) is 59.3 Å². The Morgan fingerprint density at radius 3 is 2.46 bits per heavy atom. The van der Waals surface area contributed by atoms with Gasteiger partial charge in [-0.2, -0.15) is 10.1 Å². The minimum atomic E-state index is -4.95. The number of benzene rings is 1. The Kier molecular flexibility index (Phi) is 7.54. The van der Waals surface area contributed by atoms with Gasteiger partial charge in [0.2, 0.25) is 17.7 Å². The Morgan fingerprint density at radius 1 is 1.09 bits per heavy atom. The monoisotopic (exact) mass is 637 g/mol. The summed E-state index contributed by atoms with van der Waals surface area (Å²) in [6, 6.07) is 4.94. The predicted molar refractivity (Wildman–Crippen MR) is 157 cm³/mol. The molecule has 0 radical (unpaired) electrons. The number of pyridine rings is 1. The maximum Gasteiger partial charge on any atom is 0.574 e. The number of ether oxygens (including phenoxy) is 1. The highest BCUT2D eigenvalue weighted by molar-refractivity contribution is 6.07. The quantitative estimate of drug-likeness (QED) is 0.272. The van der Waals surface area contributed by atoms with E-state index in [1.807, 2.05) is 19.9 Å². The van der Waals surface area contributed by atoms with Crippen LogP contribution in [0, 0.1) is 19.3 Å². The Hall–Kier alpha value is -4.92. The van der Waals surface area contributed by atoms with E-state index < -0.39 is 24.2 Å². The molecule has 3 atom stereocenters. The number of fused-ring (bicyclic) bond motifs is 2. The van der Waals surface area contributed by atoms with Gasteiger partial charge in [-0.3, -0.25) is 19.1 Å². The summed E-state index contributed by atoms with van der Waals surface area (Å²) in [5.74, 6) is -1.81. The van der Waals surface area contributed by atoms with Crippen molar-refractivity contribution in [3.63, 3.8) is 0 Å². The standard InChI is InChI=1S/C31H30F3N7O5/c1-15-5-6-24(46-31(32,33)34)37-28(15)38-29(45)21-9-30(4)10-22(30)41(21)25(44)13-40-27-16(2)7-18(8-20(27)26(39-40)17(3)43)19-11-35-23(14-42)36-12-19/h5-8,11-12,21-22,42H,9-10,13-14H2,1-4H3,(H,37,38,45)/t21-,22+,30-/m0/s1. The molecule has 0 bridgehead atoms. The fourth-order valence-electron chi connectivity index (χ4n) is 6.24. The maximum atomic E-state index is 13.9. The molecule has 15 heteroatoms. The maximum absolute atomic E-state index is 13.9. The van der Waals surface area contributed by atoms with E-state index in [1.165, 1.54) is 22.6 Å². The molecule has 2 amide bonds. The van der Waals surface area contributed by atoms with E-state index in [0.717, 1.165) is 17.2 Å². The van der Waals surface area contributed by atoms with Crippen molar-refractivity contribution >= 4 is 34.3 Å². The normalized spacial score (nSPS) is 20.5. The molecule has 12 nitrogen and oxygen atoms in total. The first-order valence-electron chi connectivity index (χ1n) is 14.5. The number of hydrogen-bond donors (Lipinski definition) is 2. The number of alkyl halides is 3. The van der Waals surface area contributed by atoms with E-state index in [1.54, 1.807) is 25.4 Å². The zero-order valence-electron chi connectivity index (χ0n) is 25.3. The summed E-state index contributed by atoms with van der Waals surface area (Å²) in [6.45, 7) is 6.23. The third-order valence-corrected chi connectivity index (χ3v) is 8.59. The number of carbonyl (C=O) groups is 3. The largest absolute Gasteiger partial charge is 0.574 e. The van der Waals surface area contributed by atoms with Crippen LogP contribution in [0.15, 0.2) is 36.7 Å². The number of amides is 2. The highest BCUT2D eigenvalue weighted by Gasteiger charge is 2.64. The van der Waals surface area contributed by atoms with Crippen molar-refractivity contribution in [1.82, 2.24) is 29.6 Å². The van der Waals surface area contributed by atoms with Gasteiger partial charge < -0.3 is 20.1 Å². The number of piperidine rings is 1. The van der Waals surface area contributed by atoms with Crippen LogP contribution in [0.2, 0.25) is 0 Å². The molecule has 2 fully saturated rings. The van der Waals surface area contributed by atoms with Crippen molar-refractivity contribution in [2.45, 2.75) is 72.1 Å². The average molecular weight is 638 g/mol. The molecule has 6 rings (SSSR count). The first kappa shape index (κ1) is 31.1. The van der Waals surface area contributed by atoms with E-state index in [0.29, 0.717) is 34.9 Å². The van der Waals surface area contributed by atoms with Gasteiger partial charge in [0.25, 0.3) is 0 Å². The Labute approximate surface area is 260 Å². The van der Waals surface area contributed by atoms with Crippen molar-refractivity contribution in [2.24, 2.45) is 5.41 Å². The van der Waals surface area contributed by atoms with Gasteiger partial charge in [0, 0.05) is 42.4 Å². The first-order chi connectivity index (χ1) is 21.7. The minimum absolute atomic E-state index is 0.100. The number of likely N-dealkylation sites (tertiary alicyclic amines) is 1. The molecule has 2 N–H and O–H groups in total. The van der Waals surface area contributed by atoms with E-state index in [9.17, 15) is 32.7 Å². The topological polar surface area (TPSA) is 152 Å².